The Morgan fingerprint density at radius 2 is 2.33 bits per heavy atom. The van der Waals surface area contributed by atoms with Gasteiger partial charge < -0.3 is 10.4 Å². The highest BCUT2D eigenvalue weighted by Gasteiger charge is 2.30. The van der Waals surface area contributed by atoms with Gasteiger partial charge >= 0.3 is 0 Å². The van der Waals surface area contributed by atoms with Crippen LogP contribution in [0, 0.1) is 11.8 Å². The number of aromatic nitrogens is 2. The Kier molecular flexibility index (Phi) is 4.78. The van der Waals surface area contributed by atoms with Gasteiger partial charge in [0.25, 0.3) is 0 Å². The van der Waals surface area contributed by atoms with Crippen LogP contribution in [0.15, 0.2) is 12.4 Å². The van der Waals surface area contributed by atoms with E-state index < -0.39 is 0 Å². The standard InChI is InChI=1S/C14H25N3O/c1-3-13-4-5-14(11(13)2)15-8-12-9-16-17(10-12)6-7-18/h9-11,13-15,18H,3-8H2,1-2H3. The molecule has 3 unspecified atom stereocenters. The zero-order valence-corrected chi connectivity index (χ0v) is 11.5. The van der Waals surface area contributed by atoms with Crippen molar-refractivity contribution in [3.8, 4) is 0 Å². The van der Waals surface area contributed by atoms with E-state index >= 15 is 0 Å². The van der Waals surface area contributed by atoms with Crippen molar-refractivity contribution in [2.45, 2.75) is 52.2 Å². The number of nitrogens with zero attached hydrogens (tertiary/aromatic N) is 2. The summed E-state index contributed by atoms with van der Waals surface area (Å²) in [7, 11) is 0. The third kappa shape index (κ3) is 3.12. The van der Waals surface area contributed by atoms with Crippen LogP contribution >= 0.6 is 0 Å². The van der Waals surface area contributed by atoms with Crippen molar-refractivity contribution in [3.63, 3.8) is 0 Å². The zero-order chi connectivity index (χ0) is 13.0. The second-order valence-corrected chi connectivity index (χ2v) is 5.43. The number of hydrogen-bond donors (Lipinski definition) is 2. The third-order valence-corrected chi connectivity index (χ3v) is 4.34. The summed E-state index contributed by atoms with van der Waals surface area (Å²) < 4.78 is 1.80. The van der Waals surface area contributed by atoms with Gasteiger partial charge in [0.05, 0.1) is 19.3 Å². The molecule has 0 aromatic carbocycles. The van der Waals surface area contributed by atoms with Gasteiger partial charge in [-0.1, -0.05) is 20.3 Å². The Labute approximate surface area is 109 Å². The maximum absolute atomic E-state index is 8.85. The Bertz CT molecular complexity index is 364. The van der Waals surface area contributed by atoms with Gasteiger partial charge in [0.15, 0.2) is 0 Å². The summed E-state index contributed by atoms with van der Waals surface area (Å²) in [5.41, 5.74) is 1.20. The number of aliphatic hydroxyl groups is 1. The van der Waals surface area contributed by atoms with Gasteiger partial charge in [-0.3, -0.25) is 4.68 Å². The van der Waals surface area contributed by atoms with Crippen molar-refractivity contribution in [3.05, 3.63) is 18.0 Å². The highest BCUT2D eigenvalue weighted by atomic mass is 16.3. The first kappa shape index (κ1) is 13.6. The molecule has 1 saturated carbocycles. The quantitative estimate of drug-likeness (QED) is 0.810. The smallest absolute Gasteiger partial charge is 0.0640 e. The van der Waals surface area contributed by atoms with Crippen molar-refractivity contribution in [1.29, 1.82) is 0 Å². The molecule has 18 heavy (non-hydrogen) atoms. The molecule has 2 N–H and O–H groups in total. The third-order valence-electron chi connectivity index (χ3n) is 4.34. The zero-order valence-electron chi connectivity index (χ0n) is 11.5. The van der Waals surface area contributed by atoms with Crippen molar-refractivity contribution in [1.82, 2.24) is 15.1 Å². The fourth-order valence-corrected chi connectivity index (χ4v) is 3.08. The highest BCUT2D eigenvalue weighted by molar-refractivity contribution is 5.04. The highest BCUT2D eigenvalue weighted by Crippen LogP contribution is 2.33. The molecule has 1 fully saturated rings. The van der Waals surface area contributed by atoms with Crippen molar-refractivity contribution < 1.29 is 5.11 Å². The van der Waals surface area contributed by atoms with Crippen LogP contribution < -0.4 is 5.32 Å². The minimum atomic E-state index is 0.145. The summed E-state index contributed by atoms with van der Waals surface area (Å²) in [5, 5.41) is 16.7. The summed E-state index contributed by atoms with van der Waals surface area (Å²) in [5.74, 6) is 1.67. The van der Waals surface area contributed by atoms with Gasteiger partial charge in [-0.2, -0.15) is 5.10 Å². The van der Waals surface area contributed by atoms with Crippen molar-refractivity contribution in [2.75, 3.05) is 6.61 Å². The first-order valence-corrected chi connectivity index (χ1v) is 7.10. The monoisotopic (exact) mass is 251 g/mol. The normalized spacial score (nSPS) is 27.8. The first-order chi connectivity index (χ1) is 8.74. The van der Waals surface area contributed by atoms with Crippen molar-refractivity contribution in [2.24, 2.45) is 11.8 Å². The molecule has 0 amide bonds. The van der Waals surface area contributed by atoms with Gasteiger partial charge in [0, 0.05) is 24.3 Å². The van der Waals surface area contributed by atoms with Gasteiger partial charge in [-0.05, 0) is 24.7 Å². The van der Waals surface area contributed by atoms with E-state index in [1.807, 2.05) is 12.4 Å². The van der Waals surface area contributed by atoms with Crippen LogP contribution in [0.5, 0.6) is 0 Å². The van der Waals surface area contributed by atoms with Crippen LogP contribution in [0.4, 0.5) is 0 Å². The van der Waals surface area contributed by atoms with Crippen LogP contribution in [-0.4, -0.2) is 27.5 Å². The maximum atomic E-state index is 8.85. The Morgan fingerprint density at radius 3 is 3.00 bits per heavy atom. The van der Waals surface area contributed by atoms with Crippen LogP contribution in [0.2, 0.25) is 0 Å². The van der Waals surface area contributed by atoms with Crippen molar-refractivity contribution >= 4 is 0 Å². The Morgan fingerprint density at radius 1 is 1.50 bits per heavy atom. The molecule has 1 aliphatic carbocycles. The SMILES string of the molecule is CCC1CCC(NCc2cnn(CCO)c2)C1C. The molecule has 1 aromatic rings. The minimum absolute atomic E-state index is 0.145. The maximum Gasteiger partial charge on any atom is 0.0640 e. The lowest BCUT2D eigenvalue weighted by Crippen LogP contribution is -2.32. The fraction of sp³-hybridized carbons (Fsp3) is 0.786. The Hall–Kier alpha value is -0.870. The van der Waals surface area contributed by atoms with E-state index in [2.05, 4.69) is 24.3 Å². The molecule has 102 valence electrons. The van der Waals surface area contributed by atoms with E-state index in [0.717, 1.165) is 18.4 Å². The molecule has 3 atom stereocenters. The van der Waals surface area contributed by atoms with Crippen LogP contribution in [0.1, 0.15) is 38.7 Å². The summed E-state index contributed by atoms with van der Waals surface area (Å²) in [6, 6.07) is 0.649. The van der Waals surface area contributed by atoms with Gasteiger partial charge in [-0.15, -0.1) is 0 Å². The number of rotatable bonds is 6. The predicted octanol–water partition coefficient (Wildman–Crippen LogP) is 1.79. The molecule has 0 bridgehead atoms. The van der Waals surface area contributed by atoms with Gasteiger partial charge in [0.2, 0.25) is 0 Å². The van der Waals surface area contributed by atoms with Gasteiger partial charge in [-0.25, -0.2) is 0 Å². The molecule has 0 aliphatic heterocycles. The molecule has 0 spiro atoms. The Balaban J connectivity index is 1.80. The molecule has 1 heterocycles. The molecule has 0 radical (unpaired) electrons. The summed E-state index contributed by atoms with van der Waals surface area (Å²) in [6.07, 6.45) is 7.86. The fourth-order valence-electron chi connectivity index (χ4n) is 3.08. The lowest BCUT2D eigenvalue weighted by atomic mass is 9.93. The predicted molar refractivity (Wildman–Crippen MR) is 72.1 cm³/mol. The molecule has 4 nitrogen and oxygen atoms in total. The second-order valence-electron chi connectivity index (χ2n) is 5.43. The number of hydrogen-bond acceptors (Lipinski definition) is 3. The topological polar surface area (TPSA) is 50.1 Å². The molecular formula is C14H25N3O. The molecule has 4 heteroatoms. The van der Waals surface area contributed by atoms with Crippen LogP contribution in [0.25, 0.3) is 0 Å². The molecule has 2 rings (SSSR count). The first-order valence-electron chi connectivity index (χ1n) is 7.10. The largest absolute Gasteiger partial charge is 0.394 e. The lowest BCUT2D eigenvalue weighted by Gasteiger charge is -2.20. The molecule has 0 saturated heterocycles. The van der Waals surface area contributed by atoms with Crippen LogP contribution in [-0.2, 0) is 13.1 Å². The summed E-state index contributed by atoms with van der Waals surface area (Å²) >= 11 is 0. The molecule has 1 aromatic heterocycles. The van der Waals surface area contributed by atoms with E-state index in [0.29, 0.717) is 12.6 Å². The summed E-state index contributed by atoms with van der Waals surface area (Å²) in [4.78, 5) is 0. The number of nitrogens with one attached hydrogen (secondary N) is 1. The number of aliphatic hydroxyl groups excluding tert-OH is 1. The average molecular weight is 251 g/mol. The van der Waals surface area contributed by atoms with E-state index in [4.69, 9.17) is 5.11 Å². The van der Waals surface area contributed by atoms with E-state index in [9.17, 15) is 0 Å². The summed E-state index contributed by atoms with van der Waals surface area (Å²) in [6.45, 7) is 6.28. The average Bonchev–Trinajstić information content (AvgIpc) is 2.94. The van der Waals surface area contributed by atoms with Gasteiger partial charge in [0.1, 0.15) is 0 Å². The van der Waals surface area contributed by atoms with E-state index in [1.54, 1.807) is 4.68 Å². The minimum Gasteiger partial charge on any atom is -0.394 e. The molecular weight excluding hydrogens is 226 g/mol. The van der Waals surface area contributed by atoms with Crippen LogP contribution in [0.3, 0.4) is 0 Å². The van der Waals surface area contributed by atoms with E-state index in [1.165, 1.54) is 24.8 Å². The van der Waals surface area contributed by atoms with E-state index in [-0.39, 0.29) is 6.61 Å². The second kappa shape index (κ2) is 6.34. The lowest BCUT2D eigenvalue weighted by molar-refractivity contribution is 0.269. The molecule has 1 aliphatic rings.